The van der Waals surface area contributed by atoms with E-state index < -0.39 is 0 Å². The number of ether oxygens (including phenoxy) is 1. The van der Waals surface area contributed by atoms with E-state index in [0.717, 1.165) is 12.8 Å². The summed E-state index contributed by atoms with van der Waals surface area (Å²) in [7, 11) is 1.78. The summed E-state index contributed by atoms with van der Waals surface area (Å²) < 4.78 is 5.55. The Labute approximate surface area is 98.9 Å². The minimum atomic E-state index is -0.208. The molecule has 0 bridgehead atoms. The highest BCUT2D eigenvalue weighted by Crippen LogP contribution is 2.39. The molecule has 1 N–H and O–H groups in total. The van der Waals surface area contributed by atoms with Gasteiger partial charge in [-0.25, -0.2) is 0 Å². The van der Waals surface area contributed by atoms with Gasteiger partial charge in [-0.3, -0.25) is 4.79 Å². The molecule has 0 spiro atoms. The summed E-state index contributed by atoms with van der Waals surface area (Å²) in [5.41, 5.74) is 0.297. The number of esters is 1. The third-order valence-corrected chi connectivity index (χ3v) is 3.42. The molecule has 1 rings (SSSR count). The fourth-order valence-electron chi connectivity index (χ4n) is 2.73. The first kappa shape index (κ1) is 13.5. The zero-order valence-corrected chi connectivity index (χ0v) is 11.2. The normalized spacial score (nSPS) is 30.8. The molecule has 16 heavy (non-hydrogen) atoms. The van der Waals surface area contributed by atoms with Crippen molar-refractivity contribution < 1.29 is 9.53 Å². The van der Waals surface area contributed by atoms with Gasteiger partial charge in [-0.1, -0.05) is 20.8 Å². The molecule has 1 aliphatic carbocycles. The van der Waals surface area contributed by atoms with Crippen molar-refractivity contribution >= 4 is 5.97 Å². The SMILES string of the molecule is CNC(C)C(=O)OC1CC(C)CC(C)(C)C1. The molecule has 3 nitrogen and oxygen atoms in total. The highest BCUT2D eigenvalue weighted by atomic mass is 16.5. The third-order valence-electron chi connectivity index (χ3n) is 3.42. The second kappa shape index (κ2) is 5.17. The molecular weight excluding hydrogens is 202 g/mol. The average molecular weight is 227 g/mol. The van der Waals surface area contributed by atoms with Crippen molar-refractivity contribution in [2.24, 2.45) is 11.3 Å². The van der Waals surface area contributed by atoms with Crippen LogP contribution in [-0.4, -0.2) is 25.2 Å². The van der Waals surface area contributed by atoms with Gasteiger partial charge in [-0.05, 0) is 44.6 Å². The first-order chi connectivity index (χ1) is 7.34. The zero-order chi connectivity index (χ0) is 12.3. The summed E-state index contributed by atoms with van der Waals surface area (Å²) in [6.07, 6.45) is 3.32. The first-order valence-electron chi connectivity index (χ1n) is 6.22. The van der Waals surface area contributed by atoms with Gasteiger partial charge in [0.05, 0.1) is 0 Å². The highest BCUT2D eigenvalue weighted by Gasteiger charge is 2.34. The van der Waals surface area contributed by atoms with E-state index in [2.05, 4.69) is 26.1 Å². The fourth-order valence-corrected chi connectivity index (χ4v) is 2.73. The smallest absolute Gasteiger partial charge is 0.323 e. The molecule has 1 saturated carbocycles. The summed E-state index contributed by atoms with van der Waals surface area (Å²) >= 11 is 0. The van der Waals surface area contributed by atoms with E-state index in [-0.39, 0.29) is 18.1 Å². The van der Waals surface area contributed by atoms with Crippen LogP contribution in [0.1, 0.15) is 47.0 Å². The average Bonchev–Trinajstić information content (AvgIpc) is 2.12. The largest absolute Gasteiger partial charge is 0.461 e. The molecule has 0 aromatic rings. The van der Waals surface area contributed by atoms with Crippen molar-refractivity contribution in [1.82, 2.24) is 5.32 Å². The predicted molar refractivity (Wildman–Crippen MR) is 65.2 cm³/mol. The minimum absolute atomic E-state index is 0.0991. The van der Waals surface area contributed by atoms with E-state index in [9.17, 15) is 4.79 Å². The van der Waals surface area contributed by atoms with E-state index in [1.807, 2.05) is 6.92 Å². The Morgan fingerprint density at radius 2 is 2.06 bits per heavy atom. The maximum atomic E-state index is 11.7. The summed E-state index contributed by atoms with van der Waals surface area (Å²) in [6.45, 7) is 8.58. The number of likely N-dealkylation sites (N-methyl/N-ethyl adjacent to an activating group) is 1. The number of hydrogen-bond acceptors (Lipinski definition) is 3. The zero-order valence-electron chi connectivity index (χ0n) is 11.2. The predicted octanol–water partition coefficient (Wildman–Crippen LogP) is 2.35. The molecule has 1 fully saturated rings. The maximum Gasteiger partial charge on any atom is 0.323 e. The van der Waals surface area contributed by atoms with Crippen molar-refractivity contribution in [3.63, 3.8) is 0 Å². The van der Waals surface area contributed by atoms with Crippen molar-refractivity contribution in [3.05, 3.63) is 0 Å². The Kier molecular flexibility index (Phi) is 4.36. The summed E-state index contributed by atoms with van der Waals surface area (Å²) in [5.74, 6) is 0.517. The van der Waals surface area contributed by atoms with E-state index in [1.165, 1.54) is 6.42 Å². The number of carbonyl (C=O) groups excluding carboxylic acids is 1. The van der Waals surface area contributed by atoms with Crippen molar-refractivity contribution in [1.29, 1.82) is 0 Å². The summed E-state index contributed by atoms with van der Waals surface area (Å²) in [5, 5.41) is 2.91. The van der Waals surface area contributed by atoms with Crippen molar-refractivity contribution in [2.45, 2.75) is 59.1 Å². The molecule has 0 heterocycles. The second-order valence-electron chi connectivity index (χ2n) is 5.98. The second-order valence-corrected chi connectivity index (χ2v) is 5.98. The standard InChI is InChI=1S/C13H25NO2/c1-9-6-11(8-13(3,4)7-9)16-12(15)10(2)14-5/h9-11,14H,6-8H2,1-5H3. The molecule has 0 aromatic heterocycles. The van der Waals surface area contributed by atoms with Crippen LogP contribution in [0.4, 0.5) is 0 Å². The van der Waals surface area contributed by atoms with Crippen LogP contribution in [0.2, 0.25) is 0 Å². The number of rotatable bonds is 3. The Morgan fingerprint density at radius 1 is 1.44 bits per heavy atom. The Morgan fingerprint density at radius 3 is 2.56 bits per heavy atom. The van der Waals surface area contributed by atoms with Crippen LogP contribution < -0.4 is 5.32 Å². The molecule has 0 aromatic carbocycles. The van der Waals surface area contributed by atoms with E-state index >= 15 is 0 Å². The number of carbonyl (C=O) groups is 1. The van der Waals surface area contributed by atoms with E-state index in [1.54, 1.807) is 7.05 Å². The quantitative estimate of drug-likeness (QED) is 0.752. The van der Waals surface area contributed by atoms with Gasteiger partial charge in [-0.2, -0.15) is 0 Å². The van der Waals surface area contributed by atoms with Crippen LogP contribution in [0.3, 0.4) is 0 Å². The molecule has 0 amide bonds. The van der Waals surface area contributed by atoms with Crippen molar-refractivity contribution in [2.75, 3.05) is 7.05 Å². The van der Waals surface area contributed by atoms with E-state index in [0.29, 0.717) is 11.3 Å². The molecule has 0 saturated heterocycles. The lowest BCUT2D eigenvalue weighted by atomic mass is 9.71. The topological polar surface area (TPSA) is 38.3 Å². The van der Waals surface area contributed by atoms with Crippen molar-refractivity contribution in [3.8, 4) is 0 Å². The fraction of sp³-hybridized carbons (Fsp3) is 0.923. The molecular formula is C13H25NO2. The van der Waals surface area contributed by atoms with Gasteiger partial charge in [-0.15, -0.1) is 0 Å². The minimum Gasteiger partial charge on any atom is -0.461 e. The lowest BCUT2D eigenvalue weighted by Gasteiger charge is -2.38. The van der Waals surface area contributed by atoms with Crippen LogP contribution in [-0.2, 0) is 9.53 Å². The third kappa shape index (κ3) is 3.78. The molecule has 0 aliphatic heterocycles. The first-order valence-corrected chi connectivity index (χ1v) is 6.22. The van der Waals surface area contributed by atoms with Crippen LogP contribution in [0.5, 0.6) is 0 Å². The highest BCUT2D eigenvalue weighted by molar-refractivity contribution is 5.75. The van der Waals surface area contributed by atoms with Crippen LogP contribution in [0.15, 0.2) is 0 Å². The van der Waals surface area contributed by atoms with Gasteiger partial charge in [0.2, 0.25) is 0 Å². The Balaban J connectivity index is 2.51. The molecule has 3 atom stereocenters. The summed E-state index contributed by atoms with van der Waals surface area (Å²) in [6, 6.07) is -0.208. The maximum absolute atomic E-state index is 11.7. The number of hydrogen-bond donors (Lipinski definition) is 1. The molecule has 94 valence electrons. The number of nitrogens with one attached hydrogen (secondary N) is 1. The van der Waals surface area contributed by atoms with Gasteiger partial charge in [0.25, 0.3) is 0 Å². The van der Waals surface area contributed by atoms with Crippen LogP contribution >= 0.6 is 0 Å². The van der Waals surface area contributed by atoms with Crippen LogP contribution in [0.25, 0.3) is 0 Å². The lowest BCUT2D eigenvalue weighted by molar-refractivity contribution is -0.155. The molecule has 0 radical (unpaired) electrons. The Bertz CT molecular complexity index is 250. The van der Waals surface area contributed by atoms with Gasteiger partial charge < -0.3 is 10.1 Å². The van der Waals surface area contributed by atoms with Gasteiger partial charge in [0, 0.05) is 0 Å². The van der Waals surface area contributed by atoms with E-state index in [4.69, 9.17) is 4.74 Å². The summed E-state index contributed by atoms with van der Waals surface area (Å²) in [4.78, 5) is 11.7. The molecule has 1 aliphatic rings. The Hall–Kier alpha value is -0.570. The van der Waals surface area contributed by atoms with Gasteiger partial charge >= 0.3 is 5.97 Å². The van der Waals surface area contributed by atoms with Gasteiger partial charge in [0.15, 0.2) is 0 Å². The molecule has 3 unspecified atom stereocenters. The van der Waals surface area contributed by atoms with Gasteiger partial charge in [0.1, 0.15) is 12.1 Å². The van der Waals surface area contributed by atoms with Crippen LogP contribution in [0, 0.1) is 11.3 Å². The molecule has 3 heteroatoms. The monoisotopic (exact) mass is 227 g/mol. The lowest BCUT2D eigenvalue weighted by Crippen LogP contribution is -2.39.